The van der Waals surface area contributed by atoms with Crippen molar-refractivity contribution < 1.29 is 14.3 Å². The van der Waals surface area contributed by atoms with E-state index in [1.807, 2.05) is 43.3 Å². The molecule has 32 heavy (non-hydrogen) atoms. The van der Waals surface area contributed by atoms with Crippen LogP contribution in [0.2, 0.25) is 0 Å². The summed E-state index contributed by atoms with van der Waals surface area (Å²) in [5.74, 6) is 0.429. The van der Waals surface area contributed by atoms with E-state index in [0.717, 1.165) is 10.0 Å². The lowest BCUT2D eigenvalue weighted by Crippen LogP contribution is -2.26. The van der Waals surface area contributed by atoms with Gasteiger partial charge in [0.15, 0.2) is 0 Å². The molecule has 0 saturated carbocycles. The Labute approximate surface area is 197 Å². The summed E-state index contributed by atoms with van der Waals surface area (Å²) in [6.07, 6.45) is 0. The van der Waals surface area contributed by atoms with Crippen LogP contribution in [-0.4, -0.2) is 18.4 Å². The highest BCUT2D eigenvalue weighted by atomic mass is 79.9. The lowest BCUT2D eigenvalue weighted by molar-refractivity contribution is 0.0939. The van der Waals surface area contributed by atoms with Gasteiger partial charge in [0, 0.05) is 15.7 Å². The average Bonchev–Trinajstić information content (AvgIpc) is 2.79. The third kappa shape index (κ3) is 6.44. The standard InChI is InChI=1S/C26H27BrN2O3/c1-17(2)16-32-24-14-11-21(27)15-23(24)26(31)29-22-12-9-20(10-13-22)25(30)28-18(3)19-7-5-4-6-8-19/h4-15,17-18H,16H2,1-3H3,(H,28,30)(H,29,31). The summed E-state index contributed by atoms with van der Waals surface area (Å²) in [7, 11) is 0. The molecular formula is C26H27BrN2O3. The van der Waals surface area contributed by atoms with E-state index in [1.165, 1.54) is 0 Å². The van der Waals surface area contributed by atoms with Gasteiger partial charge in [-0.15, -0.1) is 0 Å². The Morgan fingerprint density at radius 3 is 2.25 bits per heavy atom. The van der Waals surface area contributed by atoms with E-state index in [4.69, 9.17) is 4.74 Å². The maximum Gasteiger partial charge on any atom is 0.259 e. The first-order chi connectivity index (χ1) is 15.3. The van der Waals surface area contributed by atoms with Crippen LogP contribution in [0, 0.1) is 5.92 Å². The van der Waals surface area contributed by atoms with Gasteiger partial charge in [-0.3, -0.25) is 9.59 Å². The number of carbonyl (C=O) groups is 2. The van der Waals surface area contributed by atoms with Gasteiger partial charge in [-0.25, -0.2) is 0 Å². The molecule has 2 N–H and O–H groups in total. The van der Waals surface area contributed by atoms with Crippen LogP contribution < -0.4 is 15.4 Å². The number of hydrogen-bond acceptors (Lipinski definition) is 3. The van der Waals surface area contributed by atoms with Gasteiger partial charge in [0.2, 0.25) is 0 Å². The predicted molar refractivity (Wildman–Crippen MR) is 131 cm³/mol. The molecule has 1 unspecified atom stereocenters. The number of halogens is 1. The average molecular weight is 495 g/mol. The third-order valence-corrected chi connectivity index (χ3v) is 5.30. The maximum atomic E-state index is 12.9. The first-order valence-electron chi connectivity index (χ1n) is 10.5. The van der Waals surface area contributed by atoms with Crippen LogP contribution in [0.1, 0.15) is 53.1 Å². The number of amides is 2. The van der Waals surface area contributed by atoms with E-state index in [2.05, 4.69) is 40.4 Å². The highest BCUT2D eigenvalue weighted by molar-refractivity contribution is 9.10. The molecule has 0 aliphatic heterocycles. The topological polar surface area (TPSA) is 67.4 Å². The predicted octanol–water partition coefficient (Wildman–Crippen LogP) is 6.23. The second kappa shape index (κ2) is 11.0. The summed E-state index contributed by atoms with van der Waals surface area (Å²) in [6, 6.07) is 21.9. The fourth-order valence-electron chi connectivity index (χ4n) is 3.07. The molecule has 0 radical (unpaired) electrons. The fourth-order valence-corrected chi connectivity index (χ4v) is 3.43. The molecule has 166 valence electrons. The van der Waals surface area contributed by atoms with Gasteiger partial charge in [-0.05, 0) is 60.9 Å². The van der Waals surface area contributed by atoms with Crippen molar-refractivity contribution in [2.45, 2.75) is 26.8 Å². The van der Waals surface area contributed by atoms with Crippen LogP contribution in [-0.2, 0) is 0 Å². The SMILES string of the molecule is CC(C)COc1ccc(Br)cc1C(=O)Nc1ccc(C(=O)NC(C)c2ccccc2)cc1. The van der Waals surface area contributed by atoms with Crippen molar-refractivity contribution in [2.75, 3.05) is 11.9 Å². The monoisotopic (exact) mass is 494 g/mol. The molecule has 3 aromatic rings. The normalized spacial score (nSPS) is 11.7. The van der Waals surface area contributed by atoms with Gasteiger partial charge >= 0.3 is 0 Å². The van der Waals surface area contributed by atoms with Gasteiger partial charge < -0.3 is 15.4 Å². The lowest BCUT2D eigenvalue weighted by atomic mass is 10.1. The van der Waals surface area contributed by atoms with Crippen molar-refractivity contribution in [1.29, 1.82) is 0 Å². The second-order valence-corrected chi connectivity index (χ2v) is 8.90. The van der Waals surface area contributed by atoms with Crippen LogP contribution in [0.5, 0.6) is 5.75 Å². The minimum Gasteiger partial charge on any atom is -0.492 e. The van der Waals surface area contributed by atoms with Gasteiger partial charge in [0.05, 0.1) is 18.2 Å². The molecule has 1 atom stereocenters. The number of rotatable bonds is 8. The van der Waals surface area contributed by atoms with Crippen LogP contribution in [0.3, 0.4) is 0 Å². The summed E-state index contributed by atoms with van der Waals surface area (Å²) < 4.78 is 6.59. The zero-order chi connectivity index (χ0) is 23.1. The highest BCUT2D eigenvalue weighted by Crippen LogP contribution is 2.25. The third-order valence-electron chi connectivity index (χ3n) is 4.81. The molecule has 5 nitrogen and oxygen atoms in total. The second-order valence-electron chi connectivity index (χ2n) is 7.98. The highest BCUT2D eigenvalue weighted by Gasteiger charge is 2.15. The summed E-state index contributed by atoms with van der Waals surface area (Å²) in [4.78, 5) is 25.4. The zero-order valence-electron chi connectivity index (χ0n) is 18.4. The van der Waals surface area contributed by atoms with Crippen molar-refractivity contribution in [1.82, 2.24) is 5.32 Å². The van der Waals surface area contributed by atoms with E-state index in [0.29, 0.717) is 35.1 Å². The van der Waals surface area contributed by atoms with Crippen molar-refractivity contribution in [2.24, 2.45) is 5.92 Å². The van der Waals surface area contributed by atoms with E-state index >= 15 is 0 Å². The molecule has 0 heterocycles. The molecule has 6 heteroatoms. The molecule has 0 aliphatic carbocycles. The number of ether oxygens (including phenoxy) is 1. The van der Waals surface area contributed by atoms with Crippen molar-refractivity contribution in [3.05, 3.63) is 94.0 Å². The molecule has 0 aromatic heterocycles. The molecular weight excluding hydrogens is 468 g/mol. The summed E-state index contributed by atoms with van der Waals surface area (Å²) >= 11 is 3.41. The van der Waals surface area contributed by atoms with Crippen molar-refractivity contribution in [3.8, 4) is 5.75 Å². The minimum atomic E-state index is -0.278. The summed E-state index contributed by atoms with van der Waals surface area (Å²) in [5.41, 5.74) is 2.60. The molecule has 2 amide bonds. The molecule has 0 bridgehead atoms. The zero-order valence-corrected chi connectivity index (χ0v) is 20.0. The fraction of sp³-hybridized carbons (Fsp3) is 0.231. The number of carbonyl (C=O) groups excluding carboxylic acids is 2. The van der Waals surface area contributed by atoms with E-state index in [9.17, 15) is 9.59 Å². The number of hydrogen-bond donors (Lipinski definition) is 2. The van der Waals surface area contributed by atoms with Crippen LogP contribution in [0.15, 0.2) is 77.3 Å². The first-order valence-corrected chi connectivity index (χ1v) is 11.3. The van der Waals surface area contributed by atoms with Crippen molar-refractivity contribution >= 4 is 33.4 Å². The van der Waals surface area contributed by atoms with Crippen molar-refractivity contribution in [3.63, 3.8) is 0 Å². The van der Waals surface area contributed by atoms with Gasteiger partial charge in [0.25, 0.3) is 11.8 Å². The van der Waals surface area contributed by atoms with Crippen LogP contribution >= 0.6 is 15.9 Å². The largest absolute Gasteiger partial charge is 0.492 e. The van der Waals surface area contributed by atoms with Gasteiger partial charge in [0.1, 0.15) is 5.75 Å². The van der Waals surface area contributed by atoms with E-state index < -0.39 is 0 Å². The molecule has 0 aliphatic rings. The number of anilines is 1. The first kappa shape index (κ1) is 23.5. The summed E-state index contributed by atoms with van der Waals surface area (Å²) in [6.45, 7) is 6.57. The Hall–Kier alpha value is -3.12. The molecule has 0 saturated heterocycles. The molecule has 0 fully saturated rings. The smallest absolute Gasteiger partial charge is 0.259 e. The van der Waals surface area contributed by atoms with Crippen LogP contribution in [0.25, 0.3) is 0 Å². The molecule has 3 rings (SSSR count). The maximum absolute atomic E-state index is 12.9. The Kier molecular flexibility index (Phi) is 8.06. The van der Waals surface area contributed by atoms with E-state index in [-0.39, 0.29) is 17.9 Å². The Balaban J connectivity index is 1.66. The summed E-state index contributed by atoms with van der Waals surface area (Å²) in [5, 5.41) is 5.86. The molecule has 0 spiro atoms. The Morgan fingerprint density at radius 1 is 0.906 bits per heavy atom. The van der Waals surface area contributed by atoms with Crippen LogP contribution in [0.4, 0.5) is 5.69 Å². The van der Waals surface area contributed by atoms with Gasteiger partial charge in [-0.2, -0.15) is 0 Å². The lowest BCUT2D eigenvalue weighted by Gasteiger charge is -2.15. The number of nitrogens with one attached hydrogen (secondary N) is 2. The minimum absolute atomic E-state index is 0.108. The van der Waals surface area contributed by atoms with E-state index in [1.54, 1.807) is 36.4 Å². The quantitative estimate of drug-likeness (QED) is 0.390. The number of benzene rings is 3. The Bertz CT molecular complexity index is 1070. The van der Waals surface area contributed by atoms with Gasteiger partial charge in [-0.1, -0.05) is 60.1 Å². The molecule has 3 aromatic carbocycles. The Morgan fingerprint density at radius 2 is 1.59 bits per heavy atom.